The van der Waals surface area contributed by atoms with Crippen LogP contribution in [0.2, 0.25) is 0 Å². The molecule has 0 aromatic heterocycles. The highest BCUT2D eigenvalue weighted by molar-refractivity contribution is 5.92. The van der Waals surface area contributed by atoms with Gasteiger partial charge in [-0.25, -0.2) is 4.79 Å². The highest BCUT2D eigenvalue weighted by atomic mass is 16.7. The van der Waals surface area contributed by atoms with Gasteiger partial charge in [-0.1, -0.05) is 0 Å². The van der Waals surface area contributed by atoms with Crippen LogP contribution in [0.3, 0.4) is 0 Å². The average Bonchev–Trinajstić information content (AvgIpc) is 3.00. The quantitative estimate of drug-likeness (QED) is 0.841. The first-order valence-corrected chi connectivity index (χ1v) is 7.83. The van der Waals surface area contributed by atoms with Crippen LogP contribution in [0, 0.1) is 18.3 Å². The molecule has 7 nitrogen and oxygen atoms in total. The lowest BCUT2D eigenvalue weighted by Crippen LogP contribution is -2.26. The third-order valence-corrected chi connectivity index (χ3v) is 4.17. The van der Waals surface area contributed by atoms with E-state index in [1.54, 1.807) is 19.9 Å². The van der Waals surface area contributed by atoms with Crippen molar-refractivity contribution in [2.75, 3.05) is 13.4 Å². The largest absolute Gasteiger partial charge is 0.463 e. The van der Waals surface area contributed by atoms with Crippen molar-refractivity contribution in [1.29, 1.82) is 5.26 Å². The number of hydrogen-bond acceptors (Lipinski definition) is 7. The summed E-state index contributed by atoms with van der Waals surface area (Å²) >= 11 is 0. The van der Waals surface area contributed by atoms with Gasteiger partial charge < -0.3 is 24.7 Å². The summed E-state index contributed by atoms with van der Waals surface area (Å²) in [7, 11) is 0. The van der Waals surface area contributed by atoms with Gasteiger partial charge in [-0.3, -0.25) is 0 Å². The Hall–Kier alpha value is -3.14. The summed E-state index contributed by atoms with van der Waals surface area (Å²) in [6.45, 7) is 5.56. The summed E-state index contributed by atoms with van der Waals surface area (Å²) in [5, 5.41) is 9.59. The number of esters is 1. The van der Waals surface area contributed by atoms with E-state index in [9.17, 15) is 10.1 Å². The summed E-state index contributed by atoms with van der Waals surface area (Å²) in [6, 6.07) is 5.64. The third-order valence-electron chi connectivity index (χ3n) is 4.17. The number of nitriles is 1. The van der Waals surface area contributed by atoms with Gasteiger partial charge in [-0.15, -0.1) is 0 Å². The summed E-state index contributed by atoms with van der Waals surface area (Å²) < 4.78 is 21.4. The second kappa shape index (κ2) is 6.40. The molecule has 1 unspecified atom stereocenters. The van der Waals surface area contributed by atoms with Crippen LogP contribution in [0.4, 0.5) is 0 Å². The molecule has 0 saturated carbocycles. The lowest BCUT2D eigenvalue weighted by molar-refractivity contribution is -0.139. The Balaban J connectivity index is 2.19. The number of ether oxygens (including phenoxy) is 4. The van der Waals surface area contributed by atoms with E-state index in [0.29, 0.717) is 17.3 Å². The van der Waals surface area contributed by atoms with Crippen LogP contribution in [0.15, 0.2) is 34.9 Å². The van der Waals surface area contributed by atoms with Gasteiger partial charge >= 0.3 is 5.97 Å². The molecular weight excluding hydrogens is 324 g/mol. The monoisotopic (exact) mass is 342 g/mol. The molecule has 0 fully saturated rings. The predicted octanol–water partition coefficient (Wildman–Crippen LogP) is 2.37. The van der Waals surface area contributed by atoms with Gasteiger partial charge in [-0.2, -0.15) is 5.26 Å². The standard InChI is InChI=1S/C18H18N2O5/c1-4-22-18(21)15-10(3)25-17(20)12(7-19)16(15)11-6-14-13(5-9(11)2)23-8-24-14/h5-6,16H,4,8,20H2,1-3H3. The number of nitrogens with zero attached hydrogens (tertiary/aromatic N) is 1. The molecule has 25 heavy (non-hydrogen) atoms. The number of carbonyl (C=O) groups excluding carboxylic acids is 1. The first kappa shape index (κ1) is 16.7. The van der Waals surface area contributed by atoms with Gasteiger partial charge in [0, 0.05) is 0 Å². The second-order valence-electron chi connectivity index (χ2n) is 5.68. The predicted molar refractivity (Wildman–Crippen MR) is 87.3 cm³/mol. The average molecular weight is 342 g/mol. The van der Waals surface area contributed by atoms with Crippen LogP contribution in [0.1, 0.15) is 30.9 Å². The maximum absolute atomic E-state index is 12.5. The van der Waals surface area contributed by atoms with Crippen LogP contribution < -0.4 is 15.2 Å². The zero-order valence-electron chi connectivity index (χ0n) is 14.2. The van der Waals surface area contributed by atoms with Crippen molar-refractivity contribution in [2.24, 2.45) is 5.73 Å². The third kappa shape index (κ3) is 2.76. The number of aryl methyl sites for hydroxylation is 1. The van der Waals surface area contributed by atoms with E-state index < -0.39 is 11.9 Å². The van der Waals surface area contributed by atoms with E-state index in [1.807, 2.05) is 13.0 Å². The second-order valence-corrected chi connectivity index (χ2v) is 5.68. The Bertz CT molecular complexity index is 848. The van der Waals surface area contributed by atoms with Crippen LogP contribution in [-0.4, -0.2) is 19.4 Å². The van der Waals surface area contributed by atoms with Crippen molar-refractivity contribution in [2.45, 2.75) is 26.7 Å². The summed E-state index contributed by atoms with van der Waals surface area (Å²) in [6.07, 6.45) is 0. The van der Waals surface area contributed by atoms with Gasteiger partial charge in [-0.05, 0) is 44.0 Å². The van der Waals surface area contributed by atoms with Crippen LogP contribution in [0.25, 0.3) is 0 Å². The smallest absolute Gasteiger partial charge is 0.338 e. The fourth-order valence-corrected chi connectivity index (χ4v) is 3.04. The molecule has 0 bridgehead atoms. The SMILES string of the molecule is CCOC(=O)C1=C(C)OC(N)=C(C#N)C1c1cc2c(cc1C)OCO2. The van der Waals surface area contributed by atoms with E-state index in [1.165, 1.54) is 0 Å². The van der Waals surface area contributed by atoms with E-state index in [0.717, 1.165) is 11.1 Å². The van der Waals surface area contributed by atoms with Crippen molar-refractivity contribution >= 4 is 5.97 Å². The fourth-order valence-electron chi connectivity index (χ4n) is 3.04. The minimum atomic E-state index is -0.688. The molecule has 1 atom stereocenters. The van der Waals surface area contributed by atoms with Crippen LogP contribution in [0.5, 0.6) is 11.5 Å². The Labute approximate surface area is 145 Å². The van der Waals surface area contributed by atoms with Gasteiger partial charge in [0.2, 0.25) is 12.7 Å². The highest BCUT2D eigenvalue weighted by Gasteiger charge is 2.37. The zero-order valence-corrected chi connectivity index (χ0v) is 14.2. The molecule has 2 aliphatic rings. The molecule has 2 N–H and O–H groups in total. The van der Waals surface area contributed by atoms with Gasteiger partial charge in [0.1, 0.15) is 17.4 Å². The molecule has 0 amide bonds. The molecule has 130 valence electrons. The van der Waals surface area contributed by atoms with E-state index in [-0.39, 0.29) is 30.4 Å². The lowest BCUT2D eigenvalue weighted by atomic mass is 9.81. The molecule has 3 rings (SSSR count). The number of nitrogens with two attached hydrogens (primary N) is 1. The van der Waals surface area contributed by atoms with Crippen molar-refractivity contribution < 1.29 is 23.7 Å². The highest BCUT2D eigenvalue weighted by Crippen LogP contribution is 2.44. The van der Waals surface area contributed by atoms with Gasteiger partial charge in [0.25, 0.3) is 0 Å². The summed E-state index contributed by atoms with van der Waals surface area (Å²) in [5.74, 6) is 0.257. The molecule has 1 aromatic carbocycles. The molecule has 2 aliphatic heterocycles. The normalized spacial score (nSPS) is 18.7. The summed E-state index contributed by atoms with van der Waals surface area (Å²) in [4.78, 5) is 12.5. The topological polar surface area (TPSA) is 104 Å². The van der Waals surface area contributed by atoms with Crippen molar-refractivity contribution in [1.82, 2.24) is 0 Å². The minimum Gasteiger partial charge on any atom is -0.463 e. The Morgan fingerprint density at radius 3 is 2.68 bits per heavy atom. The number of rotatable bonds is 3. The van der Waals surface area contributed by atoms with E-state index in [4.69, 9.17) is 24.7 Å². The number of hydrogen-bond donors (Lipinski definition) is 1. The Kier molecular flexibility index (Phi) is 4.28. The number of carbonyl (C=O) groups is 1. The van der Waals surface area contributed by atoms with E-state index in [2.05, 4.69) is 6.07 Å². The molecule has 0 aliphatic carbocycles. The lowest BCUT2D eigenvalue weighted by Gasteiger charge is -2.27. The first-order chi connectivity index (χ1) is 12.0. The van der Waals surface area contributed by atoms with Crippen molar-refractivity contribution in [3.05, 3.63) is 46.0 Å². The molecule has 0 radical (unpaired) electrons. The minimum absolute atomic E-state index is 0.0184. The van der Waals surface area contributed by atoms with E-state index >= 15 is 0 Å². The number of allylic oxidation sites excluding steroid dienone is 2. The zero-order chi connectivity index (χ0) is 18.1. The molecule has 0 spiro atoms. The first-order valence-electron chi connectivity index (χ1n) is 7.83. The molecule has 7 heteroatoms. The molecule has 2 heterocycles. The number of fused-ring (bicyclic) bond motifs is 1. The van der Waals surface area contributed by atoms with Gasteiger partial charge in [0.05, 0.1) is 18.1 Å². The van der Waals surface area contributed by atoms with Crippen molar-refractivity contribution in [3.8, 4) is 17.6 Å². The maximum atomic E-state index is 12.5. The molecular formula is C18H18N2O5. The Morgan fingerprint density at radius 2 is 2.04 bits per heavy atom. The summed E-state index contributed by atoms with van der Waals surface area (Å²) in [5.41, 5.74) is 7.88. The number of benzene rings is 1. The molecule has 0 saturated heterocycles. The van der Waals surface area contributed by atoms with Gasteiger partial charge in [0.15, 0.2) is 11.5 Å². The van der Waals surface area contributed by atoms with Crippen LogP contribution >= 0.6 is 0 Å². The van der Waals surface area contributed by atoms with Crippen molar-refractivity contribution in [3.63, 3.8) is 0 Å². The molecule has 1 aromatic rings. The Morgan fingerprint density at radius 1 is 1.36 bits per heavy atom. The fraction of sp³-hybridized carbons (Fsp3) is 0.333. The van der Waals surface area contributed by atoms with Crippen LogP contribution in [-0.2, 0) is 14.3 Å². The maximum Gasteiger partial charge on any atom is 0.338 e.